The lowest BCUT2D eigenvalue weighted by atomic mass is 9.46. The van der Waals surface area contributed by atoms with Gasteiger partial charge in [-0.3, -0.25) is 9.59 Å². The van der Waals surface area contributed by atoms with Gasteiger partial charge >= 0.3 is 11.9 Å². The molecule has 0 heterocycles. The molecular weight excluding hydrogens is 272 g/mol. The highest BCUT2D eigenvalue weighted by Gasteiger charge is 2.59. The van der Waals surface area contributed by atoms with Crippen LogP contribution in [0.15, 0.2) is 0 Å². The van der Waals surface area contributed by atoms with Crippen molar-refractivity contribution < 1.29 is 23.9 Å². The van der Waals surface area contributed by atoms with Crippen LogP contribution in [-0.4, -0.2) is 31.9 Å². The van der Waals surface area contributed by atoms with Gasteiger partial charge in [0.15, 0.2) is 0 Å². The normalized spacial score (nSPS) is 37.9. The Morgan fingerprint density at radius 3 is 1.76 bits per heavy atom. The van der Waals surface area contributed by atoms with Gasteiger partial charge in [0.25, 0.3) is 5.78 Å². The van der Waals surface area contributed by atoms with Gasteiger partial charge in [0, 0.05) is 0 Å². The average Bonchev–Trinajstić information content (AvgIpc) is 2.44. The fraction of sp³-hybridized carbons (Fsp3) is 0.812. The molecule has 116 valence electrons. The van der Waals surface area contributed by atoms with Crippen LogP contribution in [0.1, 0.15) is 38.5 Å². The van der Waals surface area contributed by atoms with Crippen LogP contribution in [0.25, 0.3) is 0 Å². The predicted octanol–water partition coefficient (Wildman–Crippen LogP) is 1.73. The summed E-state index contributed by atoms with van der Waals surface area (Å²) < 4.78 is 9.40. The maximum atomic E-state index is 12.4. The van der Waals surface area contributed by atoms with Gasteiger partial charge in [0.2, 0.25) is 0 Å². The third-order valence-electron chi connectivity index (χ3n) is 5.78. The second-order valence-electron chi connectivity index (χ2n) is 7.09. The Balaban J connectivity index is 1.94. The average molecular weight is 294 g/mol. The van der Waals surface area contributed by atoms with Crippen LogP contribution in [0.3, 0.4) is 0 Å². The van der Waals surface area contributed by atoms with Gasteiger partial charge in [-0.25, -0.2) is 4.79 Å². The second-order valence-corrected chi connectivity index (χ2v) is 7.09. The summed E-state index contributed by atoms with van der Waals surface area (Å²) in [4.78, 5) is 36.3. The van der Waals surface area contributed by atoms with Gasteiger partial charge in [-0.05, 0) is 61.7 Å². The molecular formula is C16H22O5. The third kappa shape index (κ3) is 2.27. The summed E-state index contributed by atoms with van der Waals surface area (Å²) in [6.45, 7) is 0. The number of hydrogen-bond acceptors (Lipinski definition) is 5. The van der Waals surface area contributed by atoms with Crippen molar-refractivity contribution in [1.29, 1.82) is 0 Å². The Labute approximate surface area is 124 Å². The second kappa shape index (κ2) is 5.11. The Kier molecular flexibility index (Phi) is 3.54. The van der Waals surface area contributed by atoms with Gasteiger partial charge < -0.3 is 9.47 Å². The molecule has 1 unspecified atom stereocenters. The van der Waals surface area contributed by atoms with E-state index in [1.807, 2.05) is 0 Å². The minimum atomic E-state index is -0.983. The van der Waals surface area contributed by atoms with Crippen LogP contribution >= 0.6 is 0 Å². The lowest BCUT2D eigenvalue weighted by molar-refractivity contribution is -0.173. The molecule has 0 N–H and O–H groups in total. The Morgan fingerprint density at radius 1 is 0.905 bits per heavy atom. The molecule has 4 aliphatic rings. The smallest absolute Gasteiger partial charge is 0.375 e. The van der Waals surface area contributed by atoms with Crippen LogP contribution in [0.4, 0.5) is 0 Å². The molecule has 4 bridgehead atoms. The number of methoxy groups -OCH3 is 2. The van der Waals surface area contributed by atoms with Gasteiger partial charge in [-0.2, -0.15) is 0 Å². The molecule has 21 heavy (non-hydrogen) atoms. The van der Waals surface area contributed by atoms with E-state index in [9.17, 15) is 14.4 Å². The van der Waals surface area contributed by atoms with Gasteiger partial charge in [-0.15, -0.1) is 0 Å². The lowest BCUT2D eigenvalue weighted by Gasteiger charge is -2.58. The van der Waals surface area contributed by atoms with E-state index in [1.54, 1.807) is 0 Å². The van der Waals surface area contributed by atoms with E-state index in [0.717, 1.165) is 19.3 Å². The zero-order valence-electron chi connectivity index (χ0n) is 12.6. The van der Waals surface area contributed by atoms with E-state index in [1.165, 1.54) is 33.5 Å². The summed E-state index contributed by atoms with van der Waals surface area (Å²) in [5, 5.41) is 0. The van der Waals surface area contributed by atoms with Crippen molar-refractivity contribution in [2.24, 2.45) is 29.1 Å². The van der Waals surface area contributed by atoms with E-state index in [0.29, 0.717) is 17.8 Å². The van der Waals surface area contributed by atoms with Gasteiger partial charge in [0.05, 0.1) is 14.2 Å². The number of rotatable bonds is 4. The first-order valence-electron chi connectivity index (χ1n) is 7.69. The van der Waals surface area contributed by atoms with Crippen molar-refractivity contribution in [3.8, 4) is 0 Å². The van der Waals surface area contributed by atoms with Crippen LogP contribution in [0.2, 0.25) is 0 Å². The SMILES string of the molecule is COC(=O)C(=O)C(C(=O)OC)C12CC3CC(CC(C3)C1)C2. The maximum absolute atomic E-state index is 12.4. The van der Waals surface area contributed by atoms with Crippen molar-refractivity contribution in [1.82, 2.24) is 0 Å². The number of hydrogen-bond donors (Lipinski definition) is 0. The first kappa shape index (κ1) is 14.5. The molecule has 0 radical (unpaired) electrons. The van der Waals surface area contributed by atoms with Crippen LogP contribution in [-0.2, 0) is 23.9 Å². The first-order chi connectivity index (χ1) is 9.99. The molecule has 1 atom stereocenters. The highest BCUT2D eigenvalue weighted by Crippen LogP contribution is 2.63. The summed E-state index contributed by atoms with van der Waals surface area (Å²) in [7, 11) is 2.45. The molecule has 4 saturated carbocycles. The van der Waals surface area contributed by atoms with E-state index < -0.39 is 23.6 Å². The zero-order chi connectivity index (χ0) is 15.2. The van der Waals surface area contributed by atoms with Crippen molar-refractivity contribution in [2.75, 3.05) is 14.2 Å². The fourth-order valence-corrected chi connectivity index (χ4v) is 5.50. The lowest BCUT2D eigenvalue weighted by Crippen LogP contribution is -2.54. The van der Waals surface area contributed by atoms with E-state index in [4.69, 9.17) is 4.74 Å². The number of carbonyl (C=O) groups is 3. The molecule has 5 heteroatoms. The Bertz CT molecular complexity index is 446. The molecule has 4 rings (SSSR count). The summed E-state index contributed by atoms with van der Waals surface area (Å²) >= 11 is 0. The predicted molar refractivity (Wildman–Crippen MR) is 73.1 cm³/mol. The van der Waals surface area contributed by atoms with Crippen molar-refractivity contribution in [2.45, 2.75) is 38.5 Å². The highest BCUT2D eigenvalue weighted by atomic mass is 16.5. The molecule has 0 aromatic heterocycles. The number of ether oxygens (including phenoxy) is 2. The standard InChI is InChI=1S/C16H22O5/c1-20-14(18)12(13(17)15(19)21-2)16-6-9-3-10(7-16)5-11(4-9)8-16/h9-12H,3-8H2,1-2H3. The minimum Gasteiger partial charge on any atom is -0.468 e. The largest absolute Gasteiger partial charge is 0.468 e. The highest BCUT2D eigenvalue weighted by molar-refractivity contribution is 6.38. The Morgan fingerprint density at radius 2 is 1.38 bits per heavy atom. The summed E-state index contributed by atoms with van der Waals surface area (Å²) in [5.41, 5.74) is -0.382. The molecule has 0 aliphatic heterocycles. The molecule has 4 fully saturated rings. The van der Waals surface area contributed by atoms with E-state index >= 15 is 0 Å². The number of ketones is 1. The van der Waals surface area contributed by atoms with Gasteiger partial charge in [0.1, 0.15) is 5.92 Å². The molecule has 4 aliphatic carbocycles. The van der Waals surface area contributed by atoms with Crippen molar-refractivity contribution in [3.05, 3.63) is 0 Å². The molecule has 0 aromatic carbocycles. The minimum absolute atomic E-state index is 0.382. The molecule has 0 aromatic rings. The fourth-order valence-electron chi connectivity index (χ4n) is 5.50. The van der Waals surface area contributed by atoms with Crippen molar-refractivity contribution in [3.63, 3.8) is 0 Å². The van der Waals surface area contributed by atoms with Crippen LogP contribution in [0, 0.1) is 29.1 Å². The summed E-state index contributed by atoms with van der Waals surface area (Å²) in [6, 6.07) is 0. The Hall–Kier alpha value is -1.39. The van der Waals surface area contributed by atoms with Gasteiger partial charge in [-0.1, -0.05) is 0 Å². The van der Waals surface area contributed by atoms with Crippen molar-refractivity contribution >= 4 is 17.7 Å². The monoisotopic (exact) mass is 294 g/mol. The first-order valence-corrected chi connectivity index (χ1v) is 7.69. The van der Waals surface area contributed by atoms with Crippen LogP contribution < -0.4 is 0 Å². The topological polar surface area (TPSA) is 69.7 Å². The number of Topliss-reactive ketones (excluding diaryl/α,β-unsaturated/α-hetero) is 1. The number of esters is 2. The van der Waals surface area contributed by atoms with E-state index in [-0.39, 0.29) is 5.41 Å². The molecule has 0 amide bonds. The molecule has 5 nitrogen and oxygen atoms in total. The summed E-state index contributed by atoms with van der Waals surface area (Å²) in [5.74, 6) is -1.44. The van der Waals surface area contributed by atoms with E-state index in [2.05, 4.69) is 4.74 Å². The maximum Gasteiger partial charge on any atom is 0.375 e. The molecule has 0 spiro atoms. The molecule has 0 saturated heterocycles. The zero-order valence-corrected chi connectivity index (χ0v) is 12.6. The quantitative estimate of drug-likeness (QED) is 0.449. The summed E-state index contributed by atoms with van der Waals surface area (Å²) in [6.07, 6.45) is 6.21. The number of carbonyl (C=O) groups excluding carboxylic acids is 3. The van der Waals surface area contributed by atoms with Crippen LogP contribution in [0.5, 0.6) is 0 Å². The third-order valence-corrected chi connectivity index (χ3v) is 5.78.